The standard InChI is InChI=1S/C17H15F2NO/c18-15-7-4-8-16(19)14(15)9-10-17(21)20-12-11-13-5-2-1-3-6-13/h1-10H,11-12H2,(H,20,21)/b10-9+. The summed E-state index contributed by atoms with van der Waals surface area (Å²) < 4.78 is 26.7. The number of halogens is 2. The molecule has 2 rings (SSSR count). The van der Waals surface area contributed by atoms with E-state index in [9.17, 15) is 13.6 Å². The number of amides is 1. The van der Waals surface area contributed by atoms with E-state index in [0.717, 1.165) is 29.8 Å². The van der Waals surface area contributed by atoms with Crippen LogP contribution in [0, 0.1) is 11.6 Å². The molecule has 0 aromatic heterocycles. The summed E-state index contributed by atoms with van der Waals surface area (Å²) in [6.07, 6.45) is 2.98. The van der Waals surface area contributed by atoms with Crippen molar-refractivity contribution in [2.75, 3.05) is 6.54 Å². The molecule has 2 aromatic rings. The minimum absolute atomic E-state index is 0.212. The molecule has 0 saturated carbocycles. The fourth-order valence-electron chi connectivity index (χ4n) is 1.86. The molecule has 4 heteroatoms. The summed E-state index contributed by atoms with van der Waals surface area (Å²) >= 11 is 0. The molecule has 1 amide bonds. The van der Waals surface area contributed by atoms with E-state index in [-0.39, 0.29) is 11.5 Å². The summed E-state index contributed by atoms with van der Waals surface area (Å²) in [6, 6.07) is 13.3. The minimum atomic E-state index is -0.691. The first kappa shape index (κ1) is 14.9. The van der Waals surface area contributed by atoms with E-state index in [2.05, 4.69) is 5.32 Å². The first-order chi connectivity index (χ1) is 10.2. The van der Waals surface area contributed by atoms with Gasteiger partial charge in [0.25, 0.3) is 0 Å². The van der Waals surface area contributed by atoms with Gasteiger partial charge in [0.05, 0.1) is 0 Å². The quantitative estimate of drug-likeness (QED) is 0.840. The molecule has 0 saturated heterocycles. The Kier molecular flexibility index (Phi) is 5.21. The zero-order chi connectivity index (χ0) is 15.1. The number of hydrogen-bond donors (Lipinski definition) is 1. The third kappa shape index (κ3) is 4.53. The summed E-state index contributed by atoms with van der Waals surface area (Å²) in [5.41, 5.74) is 0.901. The molecular weight excluding hydrogens is 272 g/mol. The average molecular weight is 287 g/mol. The molecule has 21 heavy (non-hydrogen) atoms. The highest BCUT2D eigenvalue weighted by Crippen LogP contribution is 2.13. The molecule has 0 bridgehead atoms. The van der Waals surface area contributed by atoms with E-state index in [4.69, 9.17) is 0 Å². The summed E-state index contributed by atoms with van der Waals surface area (Å²) in [6.45, 7) is 0.465. The maximum atomic E-state index is 13.4. The molecule has 2 aromatic carbocycles. The molecular formula is C17H15F2NO. The van der Waals surface area contributed by atoms with E-state index in [1.54, 1.807) is 0 Å². The second kappa shape index (κ2) is 7.33. The highest BCUT2D eigenvalue weighted by atomic mass is 19.1. The van der Waals surface area contributed by atoms with E-state index in [1.165, 1.54) is 6.07 Å². The Morgan fingerprint density at radius 3 is 2.33 bits per heavy atom. The molecule has 0 aliphatic carbocycles. The van der Waals surface area contributed by atoms with Crippen LogP contribution in [-0.2, 0) is 11.2 Å². The zero-order valence-corrected chi connectivity index (χ0v) is 11.4. The third-order valence-corrected chi connectivity index (χ3v) is 2.96. The van der Waals surface area contributed by atoms with E-state index < -0.39 is 11.6 Å². The smallest absolute Gasteiger partial charge is 0.244 e. The number of nitrogens with one attached hydrogen (secondary N) is 1. The van der Waals surface area contributed by atoms with Crippen LogP contribution in [0.15, 0.2) is 54.6 Å². The third-order valence-electron chi connectivity index (χ3n) is 2.96. The van der Waals surface area contributed by atoms with Crippen molar-refractivity contribution in [1.82, 2.24) is 5.32 Å². The summed E-state index contributed by atoms with van der Waals surface area (Å²) in [4.78, 5) is 11.6. The van der Waals surface area contributed by atoms with Crippen molar-refractivity contribution in [3.63, 3.8) is 0 Å². The predicted octanol–water partition coefficient (Wildman–Crippen LogP) is 3.34. The van der Waals surface area contributed by atoms with Crippen LogP contribution in [0.25, 0.3) is 6.08 Å². The van der Waals surface area contributed by atoms with Crippen LogP contribution in [-0.4, -0.2) is 12.5 Å². The van der Waals surface area contributed by atoms with Crippen LogP contribution in [0.5, 0.6) is 0 Å². The van der Waals surface area contributed by atoms with Gasteiger partial charge in [-0.3, -0.25) is 4.79 Å². The molecule has 0 aliphatic heterocycles. The van der Waals surface area contributed by atoms with Crippen LogP contribution in [0.1, 0.15) is 11.1 Å². The van der Waals surface area contributed by atoms with Gasteiger partial charge >= 0.3 is 0 Å². The molecule has 108 valence electrons. The lowest BCUT2D eigenvalue weighted by molar-refractivity contribution is -0.116. The molecule has 2 nitrogen and oxygen atoms in total. The molecule has 0 unspecified atom stereocenters. The number of carbonyl (C=O) groups is 1. The molecule has 0 spiro atoms. The number of rotatable bonds is 5. The Bertz CT molecular complexity index is 618. The van der Waals surface area contributed by atoms with Gasteiger partial charge in [-0.2, -0.15) is 0 Å². The molecule has 0 radical (unpaired) electrons. The molecule has 0 aliphatic rings. The van der Waals surface area contributed by atoms with Crippen molar-refractivity contribution in [3.8, 4) is 0 Å². The van der Waals surface area contributed by atoms with E-state index in [0.29, 0.717) is 13.0 Å². The Morgan fingerprint density at radius 2 is 1.67 bits per heavy atom. The summed E-state index contributed by atoms with van der Waals surface area (Å²) in [7, 11) is 0. The van der Waals surface area contributed by atoms with Gasteiger partial charge in [0.2, 0.25) is 5.91 Å². The van der Waals surface area contributed by atoms with Gasteiger partial charge in [-0.25, -0.2) is 8.78 Å². The largest absolute Gasteiger partial charge is 0.352 e. The molecule has 1 N–H and O–H groups in total. The summed E-state index contributed by atoms with van der Waals surface area (Å²) in [5, 5.41) is 2.67. The highest BCUT2D eigenvalue weighted by molar-refractivity contribution is 5.91. The Morgan fingerprint density at radius 1 is 1.00 bits per heavy atom. The Balaban J connectivity index is 1.86. The first-order valence-corrected chi connectivity index (χ1v) is 6.60. The van der Waals surface area contributed by atoms with Crippen molar-refractivity contribution in [2.45, 2.75) is 6.42 Å². The monoisotopic (exact) mass is 287 g/mol. The number of benzene rings is 2. The number of carbonyl (C=O) groups excluding carboxylic acids is 1. The van der Waals surface area contributed by atoms with Crippen molar-refractivity contribution < 1.29 is 13.6 Å². The first-order valence-electron chi connectivity index (χ1n) is 6.60. The Labute approximate surface area is 122 Å². The van der Waals surface area contributed by atoms with Crippen LogP contribution in [0.3, 0.4) is 0 Å². The average Bonchev–Trinajstić information content (AvgIpc) is 2.48. The van der Waals surface area contributed by atoms with E-state index in [1.807, 2.05) is 30.3 Å². The van der Waals surface area contributed by atoms with Crippen LogP contribution >= 0.6 is 0 Å². The van der Waals surface area contributed by atoms with Gasteiger partial charge in [-0.1, -0.05) is 36.4 Å². The molecule has 0 atom stereocenters. The van der Waals surface area contributed by atoms with Gasteiger partial charge < -0.3 is 5.32 Å². The fraction of sp³-hybridized carbons (Fsp3) is 0.118. The predicted molar refractivity (Wildman–Crippen MR) is 78.5 cm³/mol. The summed E-state index contributed by atoms with van der Waals surface area (Å²) in [5.74, 6) is -1.76. The molecule has 0 heterocycles. The molecule has 0 fully saturated rings. The van der Waals surface area contributed by atoms with Gasteiger partial charge in [-0.05, 0) is 30.2 Å². The van der Waals surface area contributed by atoms with Gasteiger partial charge in [0.1, 0.15) is 11.6 Å². The topological polar surface area (TPSA) is 29.1 Å². The van der Waals surface area contributed by atoms with Crippen molar-refractivity contribution in [3.05, 3.63) is 77.4 Å². The highest BCUT2D eigenvalue weighted by Gasteiger charge is 2.05. The minimum Gasteiger partial charge on any atom is -0.352 e. The van der Waals surface area contributed by atoms with Crippen LogP contribution in [0.4, 0.5) is 8.78 Å². The second-order valence-electron chi connectivity index (χ2n) is 4.50. The fourth-order valence-corrected chi connectivity index (χ4v) is 1.86. The maximum absolute atomic E-state index is 13.4. The lowest BCUT2D eigenvalue weighted by Gasteiger charge is -2.03. The van der Waals surface area contributed by atoms with Crippen LogP contribution < -0.4 is 5.32 Å². The maximum Gasteiger partial charge on any atom is 0.244 e. The van der Waals surface area contributed by atoms with E-state index >= 15 is 0 Å². The van der Waals surface area contributed by atoms with Gasteiger partial charge in [0.15, 0.2) is 0 Å². The van der Waals surface area contributed by atoms with Crippen LogP contribution in [0.2, 0.25) is 0 Å². The number of hydrogen-bond acceptors (Lipinski definition) is 1. The lowest BCUT2D eigenvalue weighted by Crippen LogP contribution is -2.23. The van der Waals surface area contributed by atoms with Crippen molar-refractivity contribution in [1.29, 1.82) is 0 Å². The van der Waals surface area contributed by atoms with Gasteiger partial charge in [0, 0.05) is 18.2 Å². The SMILES string of the molecule is O=C(/C=C/c1c(F)cccc1F)NCCc1ccccc1. The Hall–Kier alpha value is -2.49. The van der Waals surface area contributed by atoms with Gasteiger partial charge in [-0.15, -0.1) is 0 Å². The normalized spacial score (nSPS) is 10.8. The zero-order valence-electron chi connectivity index (χ0n) is 11.4. The van der Waals surface area contributed by atoms with Crippen molar-refractivity contribution in [2.24, 2.45) is 0 Å². The lowest BCUT2D eigenvalue weighted by atomic mass is 10.1. The van der Waals surface area contributed by atoms with Crippen molar-refractivity contribution >= 4 is 12.0 Å². The second-order valence-corrected chi connectivity index (χ2v) is 4.50.